The van der Waals surface area contributed by atoms with Crippen LogP contribution in [0.4, 0.5) is 5.69 Å². The molecule has 0 radical (unpaired) electrons. The number of carbonyl (C=O) groups is 2. The average molecular weight is 380 g/mol. The Balaban J connectivity index is 0.00000243. The molecule has 26 heavy (non-hydrogen) atoms. The van der Waals surface area contributed by atoms with Crippen LogP contribution < -0.4 is 11.1 Å². The van der Waals surface area contributed by atoms with Gasteiger partial charge in [0.2, 0.25) is 11.8 Å². The molecule has 2 amide bonds. The van der Waals surface area contributed by atoms with Crippen molar-refractivity contribution in [1.29, 1.82) is 0 Å². The fraction of sp³-hybridized carbons (Fsp3) is 0.600. The van der Waals surface area contributed by atoms with Crippen LogP contribution in [-0.2, 0) is 16.0 Å². The molecule has 1 aliphatic heterocycles. The number of benzene rings is 1. The molecule has 0 saturated carbocycles. The second-order valence-corrected chi connectivity index (χ2v) is 7.67. The van der Waals surface area contributed by atoms with E-state index >= 15 is 0 Å². The number of nitrogen functional groups attached to an aromatic ring is 1. The van der Waals surface area contributed by atoms with Crippen LogP contribution in [0.15, 0.2) is 18.2 Å². The van der Waals surface area contributed by atoms with E-state index < -0.39 is 0 Å². The van der Waals surface area contributed by atoms with Crippen molar-refractivity contribution in [3.8, 4) is 0 Å². The molecule has 1 atom stereocenters. The van der Waals surface area contributed by atoms with Crippen LogP contribution in [-0.4, -0.2) is 29.8 Å². The van der Waals surface area contributed by atoms with Crippen LogP contribution in [0.2, 0.25) is 0 Å². The fourth-order valence-electron chi connectivity index (χ4n) is 4.00. The predicted molar refractivity (Wildman–Crippen MR) is 106 cm³/mol. The van der Waals surface area contributed by atoms with Crippen LogP contribution in [0.3, 0.4) is 0 Å². The first-order chi connectivity index (χ1) is 12.0. The number of piperidine rings is 1. The maximum atomic E-state index is 12.7. The summed E-state index contributed by atoms with van der Waals surface area (Å²) in [7, 11) is 0. The predicted octanol–water partition coefficient (Wildman–Crippen LogP) is 3.08. The van der Waals surface area contributed by atoms with Crippen LogP contribution in [0, 0.1) is 11.8 Å². The quantitative estimate of drug-likeness (QED) is 0.792. The molecular weight excluding hydrogens is 350 g/mol. The van der Waals surface area contributed by atoms with Gasteiger partial charge in [-0.15, -0.1) is 12.4 Å². The molecule has 1 heterocycles. The molecule has 0 aromatic heterocycles. The highest BCUT2D eigenvalue weighted by Crippen LogP contribution is 2.31. The number of nitrogens with zero attached hydrogens (tertiary/aromatic N) is 1. The first-order valence-corrected chi connectivity index (χ1v) is 9.43. The number of amides is 2. The molecule has 6 heteroatoms. The lowest BCUT2D eigenvalue weighted by molar-refractivity contribution is -0.138. The molecule has 144 valence electrons. The van der Waals surface area contributed by atoms with Crippen molar-refractivity contribution in [1.82, 2.24) is 10.2 Å². The zero-order valence-electron chi connectivity index (χ0n) is 15.7. The summed E-state index contributed by atoms with van der Waals surface area (Å²) >= 11 is 0. The lowest BCUT2D eigenvalue weighted by Crippen LogP contribution is -2.45. The highest BCUT2D eigenvalue weighted by molar-refractivity contribution is 5.85. The summed E-state index contributed by atoms with van der Waals surface area (Å²) in [4.78, 5) is 26.7. The van der Waals surface area contributed by atoms with Gasteiger partial charge in [0, 0.05) is 30.6 Å². The Labute approximate surface area is 162 Å². The number of likely N-dealkylation sites (tertiary alicyclic amines) is 1. The van der Waals surface area contributed by atoms with Gasteiger partial charge >= 0.3 is 0 Å². The number of anilines is 1. The molecule has 0 bridgehead atoms. The Hall–Kier alpha value is -1.75. The molecule has 1 aromatic rings. The molecule has 1 aliphatic carbocycles. The highest BCUT2D eigenvalue weighted by atomic mass is 35.5. The molecule has 2 aliphatic rings. The summed E-state index contributed by atoms with van der Waals surface area (Å²) < 4.78 is 0. The van der Waals surface area contributed by atoms with E-state index in [9.17, 15) is 9.59 Å². The molecule has 0 spiro atoms. The second-order valence-electron chi connectivity index (χ2n) is 7.67. The van der Waals surface area contributed by atoms with E-state index in [0.717, 1.165) is 37.8 Å². The van der Waals surface area contributed by atoms with E-state index in [-0.39, 0.29) is 42.1 Å². The number of nitrogens with one attached hydrogen (secondary N) is 1. The SMILES string of the molecule is CC(C)C(=O)N1CCC(C(=O)NC2CCCc3cc(N)ccc32)CC1.Cl. The minimum atomic E-state index is 0. The summed E-state index contributed by atoms with van der Waals surface area (Å²) in [6.07, 6.45) is 4.59. The van der Waals surface area contributed by atoms with Gasteiger partial charge < -0.3 is 16.0 Å². The van der Waals surface area contributed by atoms with Crippen molar-refractivity contribution >= 4 is 29.9 Å². The number of carbonyl (C=O) groups excluding carboxylic acids is 2. The van der Waals surface area contributed by atoms with E-state index in [1.807, 2.05) is 30.9 Å². The molecular formula is C20H30ClN3O2. The molecule has 5 nitrogen and oxygen atoms in total. The summed E-state index contributed by atoms with van der Waals surface area (Å²) in [5, 5.41) is 3.25. The van der Waals surface area contributed by atoms with E-state index in [4.69, 9.17) is 5.73 Å². The summed E-state index contributed by atoms with van der Waals surface area (Å²) in [6.45, 7) is 5.22. The maximum absolute atomic E-state index is 12.7. The first-order valence-electron chi connectivity index (χ1n) is 9.43. The average Bonchev–Trinajstić information content (AvgIpc) is 2.61. The third-order valence-corrected chi connectivity index (χ3v) is 5.47. The summed E-state index contributed by atoms with van der Waals surface area (Å²) in [6, 6.07) is 6.09. The Bertz CT molecular complexity index is 654. The number of halogens is 1. The second kappa shape index (κ2) is 8.76. The van der Waals surface area contributed by atoms with Crippen LogP contribution in [0.25, 0.3) is 0 Å². The normalized spacial score (nSPS) is 20.3. The Morgan fingerprint density at radius 3 is 2.54 bits per heavy atom. The first kappa shape index (κ1) is 20.6. The standard InChI is InChI=1S/C20H29N3O2.ClH/c1-13(2)20(25)23-10-8-14(9-11-23)19(24)22-18-5-3-4-15-12-16(21)6-7-17(15)18;/h6-7,12-14,18H,3-5,8-11,21H2,1-2H3,(H,22,24);1H. The molecule has 1 fully saturated rings. The summed E-state index contributed by atoms with van der Waals surface area (Å²) in [5.74, 6) is 0.357. The van der Waals surface area contributed by atoms with Gasteiger partial charge in [-0.1, -0.05) is 19.9 Å². The topological polar surface area (TPSA) is 75.4 Å². The van der Waals surface area contributed by atoms with Crippen molar-refractivity contribution in [2.24, 2.45) is 11.8 Å². The van der Waals surface area contributed by atoms with Gasteiger partial charge in [-0.05, 0) is 55.4 Å². The van der Waals surface area contributed by atoms with E-state index in [2.05, 4.69) is 11.4 Å². The van der Waals surface area contributed by atoms with Crippen LogP contribution in [0.5, 0.6) is 0 Å². The number of hydrogen-bond acceptors (Lipinski definition) is 3. The van der Waals surface area contributed by atoms with E-state index in [1.54, 1.807) is 0 Å². The van der Waals surface area contributed by atoms with Crippen molar-refractivity contribution in [3.05, 3.63) is 29.3 Å². The minimum Gasteiger partial charge on any atom is -0.399 e. The molecule has 1 aromatic carbocycles. The van der Waals surface area contributed by atoms with Gasteiger partial charge in [-0.25, -0.2) is 0 Å². The van der Waals surface area contributed by atoms with Crippen molar-refractivity contribution in [3.63, 3.8) is 0 Å². The molecule has 1 saturated heterocycles. The number of rotatable bonds is 3. The smallest absolute Gasteiger partial charge is 0.225 e. The Morgan fingerprint density at radius 1 is 1.19 bits per heavy atom. The third-order valence-electron chi connectivity index (χ3n) is 5.47. The maximum Gasteiger partial charge on any atom is 0.225 e. The lowest BCUT2D eigenvalue weighted by Gasteiger charge is -2.34. The fourth-order valence-corrected chi connectivity index (χ4v) is 4.00. The Kier molecular flexibility index (Phi) is 6.93. The highest BCUT2D eigenvalue weighted by Gasteiger charge is 2.30. The van der Waals surface area contributed by atoms with Crippen molar-refractivity contribution in [2.45, 2.75) is 52.0 Å². The van der Waals surface area contributed by atoms with Gasteiger partial charge in [0.1, 0.15) is 0 Å². The van der Waals surface area contributed by atoms with E-state index in [0.29, 0.717) is 13.1 Å². The number of aryl methyl sites for hydroxylation is 1. The minimum absolute atomic E-state index is 0. The van der Waals surface area contributed by atoms with Gasteiger partial charge in [0.05, 0.1) is 6.04 Å². The van der Waals surface area contributed by atoms with Crippen molar-refractivity contribution < 1.29 is 9.59 Å². The summed E-state index contributed by atoms with van der Waals surface area (Å²) in [5.41, 5.74) is 9.14. The van der Waals surface area contributed by atoms with Crippen LogP contribution >= 0.6 is 12.4 Å². The van der Waals surface area contributed by atoms with Crippen molar-refractivity contribution in [2.75, 3.05) is 18.8 Å². The largest absolute Gasteiger partial charge is 0.399 e. The third kappa shape index (κ3) is 4.50. The zero-order valence-corrected chi connectivity index (χ0v) is 16.5. The number of fused-ring (bicyclic) bond motifs is 1. The molecule has 3 N–H and O–H groups in total. The molecule has 3 rings (SSSR count). The molecule has 1 unspecified atom stereocenters. The van der Waals surface area contributed by atoms with Gasteiger partial charge in [-0.3, -0.25) is 9.59 Å². The van der Waals surface area contributed by atoms with E-state index in [1.165, 1.54) is 11.1 Å². The monoisotopic (exact) mass is 379 g/mol. The van der Waals surface area contributed by atoms with Crippen LogP contribution in [0.1, 0.15) is 56.7 Å². The van der Waals surface area contributed by atoms with Gasteiger partial charge in [-0.2, -0.15) is 0 Å². The zero-order chi connectivity index (χ0) is 18.0. The Morgan fingerprint density at radius 2 is 1.88 bits per heavy atom. The number of hydrogen-bond donors (Lipinski definition) is 2. The number of nitrogens with two attached hydrogens (primary N) is 1. The van der Waals surface area contributed by atoms with Gasteiger partial charge in [0.25, 0.3) is 0 Å². The lowest BCUT2D eigenvalue weighted by atomic mass is 9.86. The van der Waals surface area contributed by atoms with Gasteiger partial charge in [0.15, 0.2) is 0 Å².